The molecule has 0 spiro atoms. The third kappa shape index (κ3) is 3.73. The first-order chi connectivity index (χ1) is 5.88. The average molecular weight is 311 g/mol. The van der Waals surface area contributed by atoms with Gasteiger partial charge < -0.3 is 4.84 Å². The van der Waals surface area contributed by atoms with Gasteiger partial charge >= 0.3 is 0 Å². The highest BCUT2D eigenvalue weighted by Gasteiger charge is 2.12. The molecule has 74 valence electrons. The zero-order valence-corrected chi connectivity index (χ0v) is 11.1. The van der Waals surface area contributed by atoms with Crippen LogP contribution in [0.3, 0.4) is 0 Å². The molecule has 0 aliphatic carbocycles. The first-order valence-corrected chi connectivity index (χ1v) is 5.87. The van der Waals surface area contributed by atoms with Crippen LogP contribution in [0.4, 0.5) is 0 Å². The van der Waals surface area contributed by atoms with E-state index >= 15 is 0 Å². The van der Waals surface area contributed by atoms with Gasteiger partial charge in [0.05, 0.1) is 3.74 Å². The van der Waals surface area contributed by atoms with E-state index in [9.17, 15) is 0 Å². The molecule has 0 amide bonds. The molecule has 0 aliphatic heterocycles. The van der Waals surface area contributed by atoms with Crippen LogP contribution in [0.2, 0.25) is 0 Å². The van der Waals surface area contributed by atoms with Gasteiger partial charge in [-0.2, -0.15) is 4.73 Å². The Morgan fingerprint density at radius 2 is 2.00 bits per heavy atom. The summed E-state index contributed by atoms with van der Waals surface area (Å²) in [6, 6.07) is 2.00. The average Bonchev–Trinajstić information content (AvgIpc) is 2.31. The van der Waals surface area contributed by atoms with Crippen LogP contribution in [0, 0.1) is 0 Å². The van der Waals surface area contributed by atoms with E-state index < -0.39 is 0 Å². The van der Waals surface area contributed by atoms with Gasteiger partial charge in [0, 0.05) is 12.4 Å². The fourth-order valence-corrected chi connectivity index (χ4v) is 1.44. The van der Waals surface area contributed by atoms with Gasteiger partial charge in [0.2, 0.25) is 0 Å². The van der Waals surface area contributed by atoms with E-state index in [1.54, 1.807) is 4.73 Å². The number of hydrogen-bond acceptors (Lipinski definition) is 1. The van der Waals surface area contributed by atoms with Crippen molar-refractivity contribution in [2.45, 2.75) is 30.1 Å². The molecule has 0 fully saturated rings. The molecular formula is C9H13Br2NO. The molecule has 1 aromatic heterocycles. The lowest BCUT2D eigenvalue weighted by molar-refractivity contribution is -0.0147. The van der Waals surface area contributed by atoms with Crippen LogP contribution in [-0.4, -0.2) is 10.3 Å². The van der Waals surface area contributed by atoms with Gasteiger partial charge in [0.15, 0.2) is 0 Å². The van der Waals surface area contributed by atoms with Crippen molar-refractivity contribution >= 4 is 31.9 Å². The maximum Gasteiger partial charge on any atom is 0.127 e. The van der Waals surface area contributed by atoms with Gasteiger partial charge in [-0.25, -0.2) is 0 Å². The predicted octanol–water partition coefficient (Wildman–Crippen LogP) is 3.50. The second kappa shape index (κ2) is 4.05. The largest absolute Gasteiger partial charge is 0.409 e. The molecule has 0 aliphatic rings. The number of rotatable bonds is 2. The molecule has 0 bridgehead atoms. The second-order valence-corrected chi connectivity index (χ2v) is 6.87. The SMILES string of the molecule is CC(C)(C)On1ccc(C(Br)Br)c1. The van der Waals surface area contributed by atoms with Gasteiger partial charge in [-0.3, -0.25) is 0 Å². The topological polar surface area (TPSA) is 14.2 Å². The molecule has 1 aromatic rings. The van der Waals surface area contributed by atoms with Crippen molar-refractivity contribution in [2.24, 2.45) is 0 Å². The highest BCUT2D eigenvalue weighted by molar-refractivity contribution is 9.24. The minimum atomic E-state index is -0.162. The normalized spacial score (nSPS) is 12.2. The summed E-state index contributed by atoms with van der Waals surface area (Å²) in [5, 5.41) is 0. The monoisotopic (exact) mass is 309 g/mol. The Morgan fingerprint density at radius 3 is 2.38 bits per heavy atom. The fraction of sp³-hybridized carbons (Fsp3) is 0.556. The Kier molecular flexibility index (Phi) is 3.46. The second-order valence-electron chi connectivity index (χ2n) is 3.81. The predicted molar refractivity (Wildman–Crippen MR) is 61.4 cm³/mol. The van der Waals surface area contributed by atoms with Gasteiger partial charge in [-0.05, 0) is 32.4 Å². The summed E-state index contributed by atoms with van der Waals surface area (Å²) in [5.41, 5.74) is 0.981. The molecule has 0 N–H and O–H groups in total. The van der Waals surface area contributed by atoms with Crippen molar-refractivity contribution in [1.29, 1.82) is 0 Å². The van der Waals surface area contributed by atoms with Crippen molar-refractivity contribution in [3.8, 4) is 0 Å². The third-order valence-corrected chi connectivity index (χ3v) is 2.38. The van der Waals surface area contributed by atoms with Gasteiger partial charge in [0.1, 0.15) is 5.60 Å². The van der Waals surface area contributed by atoms with Crippen molar-refractivity contribution in [1.82, 2.24) is 4.73 Å². The molecule has 2 nitrogen and oxygen atoms in total. The fourth-order valence-electron chi connectivity index (χ4n) is 0.895. The summed E-state index contributed by atoms with van der Waals surface area (Å²) in [4.78, 5) is 5.61. The van der Waals surface area contributed by atoms with E-state index in [1.807, 2.05) is 39.2 Å². The molecule has 1 rings (SSSR count). The summed E-state index contributed by atoms with van der Waals surface area (Å²) in [5.74, 6) is 0. The first kappa shape index (κ1) is 11.1. The van der Waals surface area contributed by atoms with Crippen LogP contribution in [0.15, 0.2) is 18.5 Å². The van der Waals surface area contributed by atoms with Gasteiger partial charge in [-0.15, -0.1) is 0 Å². The Labute approximate surface area is 95.5 Å². The van der Waals surface area contributed by atoms with Gasteiger partial charge in [0.25, 0.3) is 0 Å². The Morgan fingerprint density at radius 1 is 1.38 bits per heavy atom. The van der Waals surface area contributed by atoms with E-state index in [4.69, 9.17) is 4.84 Å². The first-order valence-electron chi connectivity index (χ1n) is 4.04. The molecule has 1 heterocycles. The maximum absolute atomic E-state index is 5.61. The minimum Gasteiger partial charge on any atom is -0.409 e. The Balaban J connectivity index is 2.70. The molecular weight excluding hydrogens is 298 g/mol. The highest BCUT2D eigenvalue weighted by atomic mass is 79.9. The smallest absolute Gasteiger partial charge is 0.127 e. The number of halogens is 2. The molecule has 0 radical (unpaired) electrons. The molecule has 0 unspecified atom stereocenters. The van der Waals surface area contributed by atoms with E-state index in [0.717, 1.165) is 5.56 Å². The number of nitrogens with zero attached hydrogens (tertiary/aromatic N) is 1. The zero-order valence-electron chi connectivity index (χ0n) is 7.92. The maximum atomic E-state index is 5.61. The lowest BCUT2D eigenvalue weighted by Gasteiger charge is -2.20. The van der Waals surface area contributed by atoms with Crippen LogP contribution in [-0.2, 0) is 0 Å². The molecule has 0 atom stereocenters. The summed E-state index contributed by atoms with van der Waals surface area (Å²) < 4.78 is 1.91. The van der Waals surface area contributed by atoms with Crippen LogP contribution < -0.4 is 4.84 Å². The summed E-state index contributed by atoms with van der Waals surface area (Å²) >= 11 is 6.85. The Hall–Kier alpha value is 0.0400. The van der Waals surface area contributed by atoms with Crippen molar-refractivity contribution in [3.05, 3.63) is 24.0 Å². The minimum absolute atomic E-state index is 0.162. The van der Waals surface area contributed by atoms with Crippen molar-refractivity contribution in [3.63, 3.8) is 0 Å². The number of hydrogen-bond donors (Lipinski definition) is 0. The van der Waals surface area contributed by atoms with Crippen LogP contribution in [0.25, 0.3) is 0 Å². The number of aromatic nitrogens is 1. The molecule has 13 heavy (non-hydrogen) atoms. The highest BCUT2D eigenvalue weighted by Crippen LogP contribution is 2.28. The number of alkyl halides is 2. The molecule has 4 heteroatoms. The van der Waals surface area contributed by atoms with E-state index in [2.05, 4.69) is 31.9 Å². The molecule has 0 saturated carbocycles. The molecule has 0 aromatic carbocycles. The Bertz CT molecular complexity index is 275. The van der Waals surface area contributed by atoms with E-state index in [1.165, 1.54) is 0 Å². The third-order valence-electron chi connectivity index (χ3n) is 1.32. The van der Waals surface area contributed by atoms with E-state index in [0.29, 0.717) is 0 Å². The lowest BCUT2D eigenvalue weighted by Crippen LogP contribution is -2.30. The van der Waals surface area contributed by atoms with Crippen LogP contribution in [0.5, 0.6) is 0 Å². The lowest BCUT2D eigenvalue weighted by atomic mass is 10.2. The zero-order chi connectivity index (χ0) is 10.1. The quantitative estimate of drug-likeness (QED) is 0.763. The van der Waals surface area contributed by atoms with E-state index in [-0.39, 0.29) is 9.34 Å². The summed E-state index contributed by atoms with van der Waals surface area (Å²) in [6.07, 6.45) is 3.84. The van der Waals surface area contributed by atoms with Gasteiger partial charge in [-0.1, -0.05) is 31.9 Å². The molecule has 0 saturated heterocycles. The van der Waals surface area contributed by atoms with Crippen molar-refractivity contribution < 1.29 is 4.84 Å². The van der Waals surface area contributed by atoms with Crippen molar-refractivity contribution in [2.75, 3.05) is 0 Å². The standard InChI is InChI=1S/C9H13Br2NO/c1-9(2,3)13-12-5-4-7(6-12)8(10)11/h4-6,8H,1-3H3. The summed E-state index contributed by atoms with van der Waals surface area (Å²) in [6.45, 7) is 6.06. The van der Waals surface area contributed by atoms with Crippen LogP contribution >= 0.6 is 31.9 Å². The van der Waals surface area contributed by atoms with Crippen LogP contribution in [0.1, 0.15) is 30.1 Å². The summed E-state index contributed by atoms with van der Waals surface area (Å²) in [7, 11) is 0.